The standard InChI is InChI=1S/C45H49FN10O4/c1-45(2,3)60-34-26-54(27-34)43(58)48-24-33-10-9-32(21-36(33)46)38-13-17-47-40-23-37(50-56(38)40)30-7-5-28(6-8-30)25-53-18-14-29(15-19-53)31-11-12-35-39(22-31)52(4)51-42(35)55-20-16-41(57)49-44(55)59/h5-13,17,21-23,29,34H,14-16,18-20,24-27H2,1-4H3,(H,48,58)(H,49,57,59). The van der Waals surface area contributed by atoms with Gasteiger partial charge in [0.05, 0.1) is 41.7 Å². The monoisotopic (exact) mass is 812 g/mol. The van der Waals surface area contributed by atoms with Gasteiger partial charge in [0.1, 0.15) is 5.82 Å². The Morgan fingerprint density at radius 3 is 2.43 bits per heavy atom. The van der Waals surface area contributed by atoms with Crippen molar-refractivity contribution in [3.05, 3.63) is 102 Å². The number of piperidine rings is 1. The van der Waals surface area contributed by atoms with Crippen molar-refractivity contribution in [2.45, 2.75) is 70.7 Å². The predicted molar refractivity (Wildman–Crippen MR) is 226 cm³/mol. The Kier molecular flexibility index (Phi) is 10.3. The number of nitrogens with one attached hydrogen (secondary N) is 2. The van der Waals surface area contributed by atoms with E-state index in [1.807, 2.05) is 50.7 Å². The van der Waals surface area contributed by atoms with Crippen LogP contribution in [0.5, 0.6) is 0 Å². The van der Waals surface area contributed by atoms with Crippen LogP contribution in [-0.4, -0.2) is 96.6 Å². The summed E-state index contributed by atoms with van der Waals surface area (Å²) in [5.41, 5.74) is 7.37. The highest BCUT2D eigenvalue weighted by Crippen LogP contribution is 2.34. The minimum atomic E-state index is -0.430. The maximum absolute atomic E-state index is 15.4. The molecular weight excluding hydrogens is 764 g/mol. The van der Waals surface area contributed by atoms with Gasteiger partial charge < -0.3 is 15.0 Å². The first-order valence-corrected chi connectivity index (χ1v) is 20.6. The molecule has 3 aromatic heterocycles. The van der Waals surface area contributed by atoms with E-state index >= 15 is 4.39 Å². The number of carbonyl (C=O) groups is 3. The summed E-state index contributed by atoms with van der Waals surface area (Å²) in [5.74, 6) is 0.336. The van der Waals surface area contributed by atoms with Crippen LogP contribution in [0.1, 0.15) is 62.6 Å². The number of likely N-dealkylation sites (tertiary alicyclic amines) is 2. The van der Waals surface area contributed by atoms with Gasteiger partial charge in [-0.2, -0.15) is 10.2 Å². The molecule has 0 spiro atoms. The third-order valence-corrected chi connectivity index (χ3v) is 11.7. The molecule has 14 nitrogen and oxygen atoms in total. The van der Waals surface area contributed by atoms with Gasteiger partial charge in [-0.15, -0.1) is 0 Å². The quantitative estimate of drug-likeness (QED) is 0.166. The van der Waals surface area contributed by atoms with Gasteiger partial charge in [-0.3, -0.25) is 24.6 Å². The summed E-state index contributed by atoms with van der Waals surface area (Å²) in [5, 5.41) is 15.6. The van der Waals surface area contributed by atoms with Crippen LogP contribution in [0.15, 0.2) is 79.0 Å². The molecule has 3 aromatic carbocycles. The van der Waals surface area contributed by atoms with Crippen molar-refractivity contribution >= 4 is 40.3 Å². The van der Waals surface area contributed by atoms with E-state index in [4.69, 9.17) is 9.84 Å². The minimum absolute atomic E-state index is 0.0148. The Morgan fingerprint density at radius 2 is 1.70 bits per heavy atom. The third-order valence-electron chi connectivity index (χ3n) is 11.7. The number of ether oxygens (including phenoxy) is 1. The number of anilines is 1. The SMILES string of the molecule is Cn1nc(N2CCC(=O)NC2=O)c2ccc(C3CCN(Cc4ccc(-c5cc6nccc(-c7ccc(CNC(=O)N8CC(OC(C)(C)C)C8)c(F)c7)n6n5)cc4)CC3)cc21. The van der Waals surface area contributed by atoms with Crippen molar-refractivity contribution < 1.29 is 23.5 Å². The normalized spacial score (nSPS) is 17.1. The van der Waals surface area contributed by atoms with Crippen molar-refractivity contribution in [2.24, 2.45) is 7.05 Å². The number of hydrogen-bond acceptors (Lipinski definition) is 8. The number of hydrogen-bond donors (Lipinski definition) is 2. The molecule has 5 amide bonds. The maximum atomic E-state index is 15.4. The Balaban J connectivity index is 0.801. The van der Waals surface area contributed by atoms with Crippen molar-refractivity contribution in [3.63, 3.8) is 0 Å². The molecule has 2 N–H and O–H groups in total. The van der Waals surface area contributed by atoms with Crippen LogP contribution in [0.2, 0.25) is 0 Å². The second kappa shape index (κ2) is 15.8. The fourth-order valence-electron chi connectivity index (χ4n) is 8.50. The zero-order valence-electron chi connectivity index (χ0n) is 34.3. The summed E-state index contributed by atoms with van der Waals surface area (Å²) >= 11 is 0. The number of imide groups is 1. The average molecular weight is 813 g/mol. The molecule has 0 radical (unpaired) electrons. The summed E-state index contributed by atoms with van der Waals surface area (Å²) in [4.78, 5) is 47.0. The fourth-order valence-corrected chi connectivity index (χ4v) is 8.50. The van der Waals surface area contributed by atoms with Gasteiger partial charge >= 0.3 is 12.1 Å². The van der Waals surface area contributed by atoms with Crippen molar-refractivity contribution in [1.82, 2.24) is 44.8 Å². The van der Waals surface area contributed by atoms with Crippen molar-refractivity contribution in [2.75, 3.05) is 37.6 Å². The van der Waals surface area contributed by atoms with Crippen LogP contribution in [0.4, 0.5) is 19.8 Å². The molecule has 0 saturated carbocycles. The number of aromatic nitrogens is 5. The number of carbonyl (C=O) groups excluding carboxylic acids is 3. The topological polar surface area (TPSA) is 142 Å². The van der Waals surface area contributed by atoms with Crippen LogP contribution < -0.4 is 15.5 Å². The number of urea groups is 2. The molecule has 0 atom stereocenters. The van der Waals surface area contributed by atoms with E-state index in [9.17, 15) is 14.4 Å². The summed E-state index contributed by atoms with van der Waals surface area (Å²) in [6, 6.07) is 23.0. The number of amides is 5. The molecule has 60 heavy (non-hydrogen) atoms. The van der Waals surface area contributed by atoms with Crippen LogP contribution in [0.25, 0.3) is 39.1 Å². The van der Waals surface area contributed by atoms with Gasteiger partial charge in [-0.1, -0.05) is 42.5 Å². The third kappa shape index (κ3) is 8.06. The van der Waals surface area contributed by atoms with Crippen molar-refractivity contribution in [3.8, 4) is 22.5 Å². The molecule has 3 fully saturated rings. The fraction of sp³-hybridized carbons (Fsp3) is 0.378. The zero-order valence-corrected chi connectivity index (χ0v) is 34.3. The van der Waals surface area contributed by atoms with E-state index in [0.29, 0.717) is 53.8 Å². The van der Waals surface area contributed by atoms with E-state index in [2.05, 4.69) is 68.1 Å². The van der Waals surface area contributed by atoms with Gasteiger partial charge in [0, 0.05) is 67.4 Å². The first-order chi connectivity index (χ1) is 28.8. The highest BCUT2D eigenvalue weighted by atomic mass is 19.1. The van der Waals surface area contributed by atoms with E-state index in [1.54, 1.807) is 26.6 Å². The summed E-state index contributed by atoms with van der Waals surface area (Å²) in [6.07, 6.45) is 4.05. The molecule has 0 unspecified atom stereocenters. The van der Waals surface area contributed by atoms with E-state index in [1.165, 1.54) is 17.2 Å². The molecule has 0 bridgehead atoms. The summed E-state index contributed by atoms with van der Waals surface area (Å²) in [6.45, 7) is 10.2. The Morgan fingerprint density at radius 1 is 0.933 bits per heavy atom. The minimum Gasteiger partial charge on any atom is -0.369 e. The number of nitrogens with zero attached hydrogens (tertiary/aromatic N) is 8. The molecule has 6 aromatic rings. The molecule has 3 aliphatic rings. The van der Waals surface area contributed by atoms with E-state index in [0.717, 1.165) is 54.6 Å². The van der Waals surface area contributed by atoms with Gasteiger partial charge in [-0.05, 0) is 88.0 Å². The number of fused-ring (bicyclic) bond motifs is 2. The number of rotatable bonds is 9. The molecule has 6 heterocycles. The first-order valence-electron chi connectivity index (χ1n) is 20.6. The molecule has 9 rings (SSSR count). The lowest BCUT2D eigenvalue weighted by atomic mass is 9.88. The Bertz CT molecular complexity index is 2600. The smallest absolute Gasteiger partial charge is 0.329 e. The highest BCUT2D eigenvalue weighted by Gasteiger charge is 2.34. The molecule has 0 aliphatic carbocycles. The number of halogens is 1. The molecule has 15 heteroatoms. The van der Waals surface area contributed by atoms with E-state index < -0.39 is 11.8 Å². The second-order valence-electron chi connectivity index (χ2n) is 17.1. The Hall–Kier alpha value is -6.19. The molecule has 310 valence electrons. The van der Waals surface area contributed by atoms with Gasteiger partial charge in [-0.25, -0.2) is 23.5 Å². The lowest BCUT2D eigenvalue weighted by molar-refractivity contribution is -0.120. The van der Waals surface area contributed by atoms with Gasteiger partial charge in [0.15, 0.2) is 11.5 Å². The second-order valence-corrected chi connectivity index (χ2v) is 17.1. The van der Waals surface area contributed by atoms with Crippen LogP contribution >= 0.6 is 0 Å². The van der Waals surface area contributed by atoms with E-state index in [-0.39, 0.29) is 36.6 Å². The van der Waals surface area contributed by atoms with Gasteiger partial charge in [0.25, 0.3) is 0 Å². The zero-order chi connectivity index (χ0) is 41.7. The average Bonchev–Trinajstić information content (AvgIpc) is 3.79. The largest absolute Gasteiger partial charge is 0.369 e. The lowest BCUT2D eigenvalue weighted by Crippen LogP contribution is -2.59. The summed E-state index contributed by atoms with van der Waals surface area (Å²) < 4.78 is 24.9. The molecule has 3 aliphatic heterocycles. The van der Waals surface area contributed by atoms with Gasteiger partial charge in [0.2, 0.25) is 5.91 Å². The molecular formula is C45H49FN10O4. The first kappa shape index (κ1) is 39.3. The van der Waals surface area contributed by atoms with Crippen LogP contribution in [-0.2, 0) is 29.7 Å². The highest BCUT2D eigenvalue weighted by molar-refractivity contribution is 6.08. The number of benzene rings is 3. The lowest BCUT2D eigenvalue weighted by Gasteiger charge is -2.41. The molecule has 3 saturated heterocycles. The number of aryl methyl sites for hydroxylation is 1. The van der Waals surface area contributed by atoms with Crippen molar-refractivity contribution in [1.29, 1.82) is 0 Å². The van der Waals surface area contributed by atoms with Crippen LogP contribution in [0, 0.1) is 5.82 Å². The maximum Gasteiger partial charge on any atom is 0.329 e. The summed E-state index contributed by atoms with van der Waals surface area (Å²) in [7, 11) is 1.89. The predicted octanol–water partition coefficient (Wildman–Crippen LogP) is 6.62. The van der Waals surface area contributed by atoms with Crippen LogP contribution in [0.3, 0.4) is 0 Å². The Labute approximate surface area is 347 Å².